The summed E-state index contributed by atoms with van der Waals surface area (Å²) in [7, 11) is 0. The number of rotatable bonds is 2. The van der Waals surface area contributed by atoms with Crippen LogP contribution in [0, 0.1) is 6.92 Å². The highest BCUT2D eigenvalue weighted by molar-refractivity contribution is 7.80. The third-order valence-electron chi connectivity index (χ3n) is 1.78. The lowest BCUT2D eigenvalue weighted by Crippen LogP contribution is -2.22. The van der Waals surface area contributed by atoms with Gasteiger partial charge in [0.05, 0.1) is 5.69 Å². The highest BCUT2D eigenvalue weighted by atomic mass is 32.1. The standard InChI is InChI=1S/C9H11N3OS/c1-5-3-2-4-6(12-9(11)13)7(5)8(10)14/h2-4H,1H3,(H2,10,14)(H3,11,12,13). The number of aryl methyl sites for hydroxylation is 1. The molecule has 0 spiro atoms. The van der Waals surface area contributed by atoms with Gasteiger partial charge in [-0.25, -0.2) is 4.79 Å². The van der Waals surface area contributed by atoms with Crippen LogP contribution in [0.2, 0.25) is 0 Å². The summed E-state index contributed by atoms with van der Waals surface area (Å²) in [5.74, 6) is 0. The van der Waals surface area contributed by atoms with E-state index >= 15 is 0 Å². The first-order valence-electron chi connectivity index (χ1n) is 3.98. The Morgan fingerprint density at radius 2 is 2.07 bits per heavy atom. The fourth-order valence-electron chi connectivity index (χ4n) is 1.23. The van der Waals surface area contributed by atoms with Crippen molar-refractivity contribution in [2.75, 3.05) is 5.32 Å². The summed E-state index contributed by atoms with van der Waals surface area (Å²) in [5, 5.41) is 2.47. The number of urea groups is 1. The average Bonchev–Trinajstić information content (AvgIpc) is 2.01. The number of carbonyl (C=O) groups is 1. The van der Waals surface area contributed by atoms with E-state index in [1.807, 2.05) is 13.0 Å². The summed E-state index contributed by atoms with van der Waals surface area (Å²) >= 11 is 4.88. The molecule has 4 nitrogen and oxygen atoms in total. The van der Waals surface area contributed by atoms with Crippen LogP contribution in [0.25, 0.3) is 0 Å². The highest BCUT2D eigenvalue weighted by Gasteiger charge is 2.08. The number of nitrogens with one attached hydrogen (secondary N) is 1. The number of primary amides is 1. The van der Waals surface area contributed by atoms with Crippen molar-refractivity contribution >= 4 is 28.9 Å². The van der Waals surface area contributed by atoms with E-state index in [1.54, 1.807) is 12.1 Å². The molecule has 0 aliphatic heterocycles. The highest BCUT2D eigenvalue weighted by Crippen LogP contribution is 2.18. The van der Waals surface area contributed by atoms with Crippen LogP contribution in [-0.4, -0.2) is 11.0 Å². The van der Waals surface area contributed by atoms with Crippen molar-refractivity contribution in [1.82, 2.24) is 0 Å². The molecule has 0 heterocycles. The molecular weight excluding hydrogens is 198 g/mol. The van der Waals surface area contributed by atoms with E-state index in [2.05, 4.69) is 5.32 Å². The van der Waals surface area contributed by atoms with Crippen LogP contribution in [0.3, 0.4) is 0 Å². The normalized spacial score (nSPS) is 9.50. The van der Waals surface area contributed by atoms with E-state index in [0.29, 0.717) is 11.3 Å². The number of nitrogens with two attached hydrogens (primary N) is 2. The Morgan fingerprint density at radius 1 is 1.43 bits per heavy atom. The lowest BCUT2D eigenvalue weighted by atomic mass is 10.1. The molecular formula is C9H11N3OS. The van der Waals surface area contributed by atoms with Gasteiger partial charge < -0.3 is 16.8 Å². The van der Waals surface area contributed by atoms with Gasteiger partial charge in [-0.2, -0.15) is 0 Å². The quantitative estimate of drug-likeness (QED) is 0.638. The SMILES string of the molecule is Cc1cccc(NC(N)=O)c1C(N)=S. The molecule has 0 aliphatic carbocycles. The number of amides is 2. The Kier molecular flexibility index (Phi) is 3.03. The molecule has 1 aromatic carbocycles. The van der Waals surface area contributed by atoms with Gasteiger partial charge in [-0.05, 0) is 18.6 Å². The second-order valence-electron chi connectivity index (χ2n) is 2.85. The molecule has 2 amide bonds. The molecule has 1 rings (SSSR count). The van der Waals surface area contributed by atoms with E-state index in [9.17, 15) is 4.79 Å². The monoisotopic (exact) mass is 209 g/mol. The molecule has 0 fully saturated rings. The van der Waals surface area contributed by atoms with Gasteiger partial charge in [0.25, 0.3) is 0 Å². The lowest BCUT2D eigenvalue weighted by molar-refractivity contribution is 0.259. The number of anilines is 1. The van der Waals surface area contributed by atoms with Crippen molar-refractivity contribution in [3.05, 3.63) is 29.3 Å². The molecule has 0 aliphatic rings. The zero-order valence-corrected chi connectivity index (χ0v) is 8.52. The van der Waals surface area contributed by atoms with E-state index in [-0.39, 0.29) is 4.99 Å². The van der Waals surface area contributed by atoms with Crippen LogP contribution < -0.4 is 16.8 Å². The molecule has 14 heavy (non-hydrogen) atoms. The average molecular weight is 209 g/mol. The molecule has 5 N–H and O–H groups in total. The Labute approximate surface area is 87.3 Å². The third-order valence-corrected chi connectivity index (χ3v) is 1.98. The van der Waals surface area contributed by atoms with Gasteiger partial charge in [0.15, 0.2) is 0 Å². The zero-order chi connectivity index (χ0) is 10.7. The van der Waals surface area contributed by atoms with E-state index in [4.69, 9.17) is 23.7 Å². The third kappa shape index (κ3) is 2.20. The van der Waals surface area contributed by atoms with Gasteiger partial charge in [-0.1, -0.05) is 24.4 Å². The summed E-state index contributed by atoms with van der Waals surface area (Å²) in [6.07, 6.45) is 0. The Hall–Kier alpha value is -1.62. The van der Waals surface area contributed by atoms with Crippen LogP contribution >= 0.6 is 12.2 Å². The topological polar surface area (TPSA) is 81.1 Å². The second-order valence-corrected chi connectivity index (χ2v) is 3.29. The summed E-state index contributed by atoms with van der Waals surface area (Å²) in [4.78, 5) is 10.9. The van der Waals surface area contributed by atoms with Gasteiger partial charge in [0, 0.05) is 5.56 Å². The minimum Gasteiger partial charge on any atom is -0.389 e. The van der Waals surface area contributed by atoms with Crippen LogP contribution in [0.15, 0.2) is 18.2 Å². The summed E-state index contributed by atoms with van der Waals surface area (Å²) in [5.41, 5.74) is 12.6. The molecule has 0 unspecified atom stereocenters. The smallest absolute Gasteiger partial charge is 0.316 e. The molecule has 0 saturated heterocycles. The molecule has 1 aromatic rings. The van der Waals surface area contributed by atoms with Crippen molar-refractivity contribution in [3.8, 4) is 0 Å². The molecule has 0 radical (unpaired) electrons. The van der Waals surface area contributed by atoms with Crippen molar-refractivity contribution < 1.29 is 4.79 Å². The second kappa shape index (κ2) is 4.06. The first-order chi connectivity index (χ1) is 6.52. The van der Waals surface area contributed by atoms with Gasteiger partial charge in [0.2, 0.25) is 0 Å². The van der Waals surface area contributed by atoms with Crippen LogP contribution in [0.5, 0.6) is 0 Å². The fourth-order valence-corrected chi connectivity index (χ4v) is 1.50. The van der Waals surface area contributed by atoms with Gasteiger partial charge >= 0.3 is 6.03 Å². The van der Waals surface area contributed by atoms with E-state index in [1.165, 1.54) is 0 Å². The van der Waals surface area contributed by atoms with Crippen LogP contribution in [0.4, 0.5) is 10.5 Å². The number of hydrogen-bond acceptors (Lipinski definition) is 2. The molecule has 5 heteroatoms. The summed E-state index contributed by atoms with van der Waals surface area (Å²) in [6, 6.07) is 4.73. The summed E-state index contributed by atoms with van der Waals surface area (Å²) in [6.45, 7) is 1.86. The van der Waals surface area contributed by atoms with E-state index < -0.39 is 6.03 Å². The van der Waals surface area contributed by atoms with Crippen molar-refractivity contribution in [2.24, 2.45) is 11.5 Å². The van der Waals surface area contributed by atoms with Crippen LogP contribution in [0.1, 0.15) is 11.1 Å². The molecule has 74 valence electrons. The maximum Gasteiger partial charge on any atom is 0.316 e. The largest absolute Gasteiger partial charge is 0.389 e. The maximum absolute atomic E-state index is 10.7. The number of hydrogen-bond donors (Lipinski definition) is 3. The van der Waals surface area contributed by atoms with Crippen molar-refractivity contribution in [3.63, 3.8) is 0 Å². The van der Waals surface area contributed by atoms with Crippen molar-refractivity contribution in [2.45, 2.75) is 6.92 Å². The predicted octanol–water partition coefficient (Wildman–Crippen LogP) is 1.12. The fraction of sp³-hybridized carbons (Fsp3) is 0.111. The zero-order valence-electron chi connectivity index (χ0n) is 7.70. The Balaban J connectivity index is 3.21. The van der Waals surface area contributed by atoms with Gasteiger partial charge in [-0.15, -0.1) is 0 Å². The summed E-state index contributed by atoms with van der Waals surface area (Å²) < 4.78 is 0. The maximum atomic E-state index is 10.7. The number of benzene rings is 1. The molecule has 0 saturated carbocycles. The minimum absolute atomic E-state index is 0.242. The first kappa shape index (κ1) is 10.5. The molecule has 0 aromatic heterocycles. The number of carbonyl (C=O) groups excluding carboxylic acids is 1. The van der Waals surface area contributed by atoms with Crippen LogP contribution in [-0.2, 0) is 0 Å². The molecule has 0 bridgehead atoms. The van der Waals surface area contributed by atoms with Gasteiger partial charge in [0.1, 0.15) is 4.99 Å². The Bertz CT molecular complexity index is 390. The number of thiocarbonyl (C=S) groups is 1. The lowest BCUT2D eigenvalue weighted by Gasteiger charge is -2.10. The Morgan fingerprint density at radius 3 is 2.57 bits per heavy atom. The minimum atomic E-state index is -0.631. The van der Waals surface area contributed by atoms with E-state index in [0.717, 1.165) is 5.56 Å². The van der Waals surface area contributed by atoms with Gasteiger partial charge in [-0.3, -0.25) is 0 Å². The van der Waals surface area contributed by atoms with Crippen molar-refractivity contribution in [1.29, 1.82) is 0 Å². The predicted molar refractivity (Wildman–Crippen MR) is 60.3 cm³/mol. The molecule has 0 atom stereocenters. The first-order valence-corrected chi connectivity index (χ1v) is 4.39.